The molecule has 0 spiro atoms. The number of fused-ring (bicyclic) bond motifs is 1. The third-order valence-corrected chi connectivity index (χ3v) is 4.47. The van der Waals surface area contributed by atoms with Gasteiger partial charge in [-0.05, 0) is 63.8 Å². The number of ether oxygens (including phenoxy) is 1. The molecule has 122 valence electrons. The zero-order valence-electron chi connectivity index (χ0n) is 14.1. The maximum Gasteiger partial charge on any atom is 0.256 e. The van der Waals surface area contributed by atoms with Crippen LogP contribution in [0, 0.1) is 0 Å². The number of nitrogens with one attached hydrogen (secondary N) is 1. The summed E-state index contributed by atoms with van der Waals surface area (Å²) in [5.41, 5.74) is 4.46. The fourth-order valence-electron chi connectivity index (χ4n) is 3.66. The maximum atomic E-state index is 12.1. The average Bonchev–Trinajstić information content (AvgIpc) is 2.46. The maximum absolute atomic E-state index is 12.1. The third kappa shape index (κ3) is 2.90. The second kappa shape index (κ2) is 6.16. The van der Waals surface area contributed by atoms with E-state index < -0.39 is 0 Å². The second-order valence-corrected chi connectivity index (χ2v) is 6.63. The van der Waals surface area contributed by atoms with Crippen molar-refractivity contribution in [2.75, 3.05) is 11.5 Å². The van der Waals surface area contributed by atoms with Gasteiger partial charge >= 0.3 is 0 Å². The summed E-state index contributed by atoms with van der Waals surface area (Å²) in [7, 11) is 0. The second-order valence-electron chi connectivity index (χ2n) is 6.63. The molecule has 1 aromatic rings. The van der Waals surface area contributed by atoms with Crippen LogP contribution in [-0.2, 0) is 4.79 Å². The van der Waals surface area contributed by atoms with Crippen LogP contribution in [-0.4, -0.2) is 24.1 Å². The number of anilines is 1. The average molecular weight is 305 g/mol. The minimum Gasteiger partial charge on any atom is -0.494 e. The molecule has 0 fully saturated rings. The third-order valence-electron chi connectivity index (χ3n) is 4.47. The summed E-state index contributed by atoms with van der Waals surface area (Å²) in [5.74, 6) is 6.44. The van der Waals surface area contributed by atoms with Crippen molar-refractivity contribution < 1.29 is 9.53 Å². The fourth-order valence-corrected chi connectivity index (χ4v) is 3.66. The summed E-state index contributed by atoms with van der Waals surface area (Å²) in [6.45, 7) is 11.1. The molecule has 0 saturated heterocycles. The standard InChI is InChI=1S/C17H27N3O2/c1-6-22-13-7-8-15-14(9-13)11(2)10-17(4,5)20(15)12(3)16(21)19-18/h7-9,11-12H,6,10,18H2,1-5H3,(H,19,21)/t11-,12-/m1/s1. The number of benzene rings is 1. The molecule has 1 aromatic carbocycles. The number of hydrogen-bond donors (Lipinski definition) is 2. The highest BCUT2D eigenvalue weighted by Crippen LogP contribution is 2.45. The van der Waals surface area contributed by atoms with Crippen LogP contribution in [0.1, 0.15) is 52.5 Å². The molecule has 1 amide bonds. The quantitative estimate of drug-likeness (QED) is 0.510. The number of amides is 1. The lowest BCUT2D eigenvalue weighted by Crippen LogP contribution is -2.58. The number of hydrazine groups is 1. The van der Waals surface area contributed by atoms with Crippen molar-refractivity contribution in [3.8, 4) is 5.75 Å². The Kier molecular flexibility index (Phi) is 4.66. The zero-order valence-corrected chi connectivity index (χ0v) is 14.1. The highest BCUT2D eigenvalue weighted by Gasteiger charge is 2.40. The van der Waals surface area contributed by atoms with Crippen LogP contribution < -0.4 is 20.9 Å². The van der Waals surface area contributed by atoms with Crippen molar-refractivity contribution in [1.82, 2.24) is 5.43 Å². The molecule has 1 aliphatic heterocycles. The van der Waals surface area contributed by atoms with Crippen molar-refractivity contribution in [3.63, 3.8) is 0 Å². The first-order chi connectivity index (χ1) is 10.3. The van der Waals surface area contributed by atoms with Gasteiger partial charge in [0.15, 0.2) is 0 Å². The van der Waals surface area contributed by atoms with Gasteiger partial charge in [0.1, 0.15) is 11.8 Å². The van der Waals surface area contributed by atoms with Crippen molar-refractivity contribution in [2.45, 2.75) is 58.5 Å². The van der Waals surface area contributed by atoms with Gasteiger partial charge in [-0.15, -0.1) is 0 Å². The van der Waals surface area contributed by atoms with E-state index in [2.05, 4.69) is 43.2 Å². The molecule has 2 atom stereocenters. The van der Waals surface area contributed by atoms with E-state index in [0.29, 0.717) is 12.5 Å². The van der Waals surface area contributed by atoms with Crippen molar-refractivity contribution >= 4 is 11.6 Å². The van der Waals surface area contributed by atoms with Crippen LogP contribution >= 0.6 is 0 Å². The van der Waals surface area contributed by atoms with Gasteiger partial charge in [-0.3, -0.25) is 10.2 Å². The van der Waals surface area contributed by atoms with Gasteiger partial charge in [0, 0.05) is 11.2 Å². The molecule has 5 nitrogen and oxygen atoms in total. The van der Waals surface area contributed by atoms with E-state index in [4.69, 9.17) is 10.6 Å². The van der Waals surface area contributed by atoms with Crippen LogP contribution in [0.3, 0.4) is 0 Å². The minimum atomic E-state index is -0.329. The Balaban J connectivity index is 2.50. The molecular weight excluding hydrogens is 278 g/mol. The Bertz CT molecular complexity index is 557. The number of rotatable bonds is 4. The predicted molar refractivity (Wildman–Crippen MR) is 89.0 cm³/mol. The molecule has 3 N–H and O–H groups in total. The molecule has 0 unspecified atom stereocenters. The Morgan fingerprint density at radius 3 is 2.82 bits per heavy atom. The van der Waals surface area contributed by atoms with Gasteiger partial charge in [0.2, 0.25) is 0 Å². The SMILES string of the molecule is CCOc1ccc2c(c1)[C@H](C)CC(C)(C)N2[C@H](C)C(=O)NN. The normalized spacial score (nSPS) is 21.0. The summed E-state index contributed by atoms with van der Waals surface area (Å²) < 4.78 is 5.62. The van der Waals surface area contributed by atoms with E-state index in [0.717, 1.165) is 17.9 Å². The largest absolute Gasteiger partial charge is 0.494 e. The van der Waals surface area contributed by atoms with Crippen LogP contribution in [0.2, 0.25) is 0 Å². The number of nitrogens with zero attached hydrogens (tertiary/aromatic N) is 1. The van der Waals surface area contributed by atoms with Crippen LogP contribution in [0.5, 0.6) is 5.75 Å². The number of carbonyl (C=O) groups is 1. The van der Waals surface area contributed by atoms with E-state index in [1.54, 1.807) is 0 Å². The molecule has 0 bridgehead atoms. The minimum absolute atomic E-state index is 0.120. The summed E-state index contributed by atoms with van der Waals surface area (Å²) in [6, 6.07) is 5.79. The van der Waals surface area contributed by atoms with Gasteiger partial charge in [0.25, 0.3) is 5.91 Å². The Labute approximate surface area is 132 Å². The Morgan fingerprint density at radius 2 is 2.23 bits per heavy atom. The molecule has 5 heteroatoms. The highest BCUT2D eigenvalue weighted by molar-refractivity contribution is 5.85. The Hall–Kier alpha value is -1.75. The highest BCUT2D eigenvalue weighted by atomic mass is 16.5. The molecule has 0 saturated carbocycles. The van der Waals surface area contributed by atoms with Crippen molar-refractivity contribution in [1.29, 1.82) is 0 Å². The van der Waals surface area contributed by atoms with E-state index >= 15 is 0 Å². The number of hydrogen-bond acceptors (Lipinski definition) is 4. The first kappa shape index (κ1) is 16.6. The lowest BCUT2D eigenvalue weighted by atomic mass is 9.79. The van der Waals surface area contributed by atoms with Gasteiger partial charge < -0.3 is 9.64 Å². The van der Waals surface area contributed by atoms with E-state index in [9.17, 15) is 4.79 Å². The summed E-state index contributed by atoms with van der Waals surface area (Å²) >= 11 is 0. The molecule has 22 heavy (non-hydrogen) atoms. The molecule has 1 aliphatic rings. The molecule has 1 heterocycles. The lowest BCUT2D eigenvalue weighted by molar-refractivity contribution is -0.122. The molecule has 2 rings (SSSR count). The van der Waals surface area contributed by atoms with Crippen molar-refractivity contribution in [2.24, 2.45) is 5.84 Å². The van der Waals surface area contributed by atoms with E-state index in [1.165, 1.54) is 5.56 Å². The monoisotopic (exact) mass is 305 g/mol. The van der Waals surface area contributed by atoms with Gasteiger partial charge in [-0.1, -0.05) is 6.92 Å². The topological polar surface area (TPSA) is 67.6 Å². The van der Waals surface area contributed by atoms with Crippen molar-refractivity contribution in [3.05, 3.63) is 23.8 Å². The van der Waals surface area contributed by atoms with Crippen LogP contribution in [0.4, 0.5) is 5.69 Å². The molecular formula is C17H27N3O2. The lowest BCUT2D eigenvalue weighted by Gasteiger charge is -2.49. The first-order valence-electron chi connectivity index (χ1n) is 7.88. The van der Waals surface area contributed by atoms with Gasteiger partial charge in [-0.2, -0.15) is 0 Å². The first-order valence-corrected chi connectivity index (χ1v) is 7.88. The van der Waals surface area contributed by atoms with Crippen LogP contribution in [0.15, 0.2) is 18.2 Å². The fraction of sp³-hybridized carbons (Fsp3) is 0.588. The smallest absolute Gasteiger partial charge is 0.256 e. The number of nitrogens with two attached hydrogens (primary N) is 1. The van der Waals surface area contributed by atoms with Gasteiger partial charge in [0.05, 0.1) is 6.61 Å². The van der Waals surface area contributed by atoms with Crippen LogP contribution in [0.25, 0.3) is 0 Å². The number of carbonyl (C=O) groups excluding carboxylic acids is 1. The Morgan fingerprint density at radius 1 is 1.55 bits per heavy atom. The molecule has 0 aromatic heterocycles. The molecule has 0 aliphatic carbocycles. The zero-order chi connectivity index (χ0) is 16.5. The summed E-state index contributed by atoms with van der Waals surface area (Å²) in [5, 5.41) is 0. The predicted octanol–water partition coefficient (Wildman–Crippen LogP) is 2.56. The van der Waals surface area contributed by atoms with E-state index in [-0.39, 0.29) is 17.5 Å². The summed E-state index contributed by atoms with van der Waals surface area (Å²) in [6.07, 6.45) is 0.970. The molecule has 0 radical (unpaired) electrons. The summed E-state index contributed by atoms with van der Waals surface area (Å²) in [4.78, 5) is 14.2. The van der Waals surface area contributed by atoms with E-state index in [1.807, 2.05) is 19.9 Å². The van der Waals surface area contributed by atoms with Gasteiger partial charge in [-0.25, -0.2) is 5.84 Å².